The fourth-order valence-electron chi connectivity index (χ4n) is 8.99. The minimum absolute atomic E-state index is 0.136. The summed E-state index contributed by atoms with van der Waals surface area (Å²) in [7, 11) is 0. The number of unbranched alkanes of at least 4 members (excludes halogenated alkanes) is 43. The molecule has 3 atom stereocenters. The number of carbonyl (C=O) groups is 1. The summed E-state index contributed by atoms with van der Waals surface area (Å²) in [5.74, 6) is -0.136. The topological polar surface area (TPSA) is 89.8 Å². The third-order valence-electron chi connectivity index (χ3n) is 13.2. The average Bonchev–Trinajstić information content (AvgIpc) is 3.24. The van der Waals surface area contributed by atoms with E-state index in [2.05, 4.69) is 19.2 Å². The predicted molar refractivity (Wildman–Crippen MR) is 259 cm³/mol. The Morgan fingerprint density at radius 3 is 0.814 bits per heavy atom. The Balaban J connectivity index is 3.50. The van der Waals surface area contributed by atoms with Gasteiger partial charge in [0.05, 0.1) is 18.8 Å². The lowest BCUT2D eigenvalue weighted by molar-refractivity contribution is -0.124. The van der Waals surface area contributed by atoms with Gasteiger partial charge in [0.2, 0.25) is 5.91 Å². The number of amides is 1. The number of carbonyl (C=O) groups excluding carboxylic acids is 1. The Labute approximate surface area is 370 Å². The normalized spacial score (nSPS) is 13.2. The standard InChI is InChI=1S/C54H109NO4/c1-3-5-7-9-11-13-15-17-19-21-23-25-26-27-29-31-33-35-37-39-41-43-45-47-49-53(58)55-51(50-56)54(59)52(57)48-46-44-42-40-38-36-34-32-30-28-24-22-20-18-16-14-12-10-8-6-4-2/h51-52,54,56-57,59H,3-50H2,1-2H3,(H,55,58). The van der Waals surface area contributed by atoms with E-state index in [0.29, 0.717) is 12.8 Å². The van der Waals surface area contributed by atoms with Crippen molar-refractivity contribution in [3.63, 3.8) is 0 Å². The lowest BCUT2D eigenvalue weighted by Crippen LogP contribution is -2.50. The van der Waals surface area contributed by atoms with Crippen LogP contribution in [0.3, 0.4) is 0 Å². The van der Waals surface area contributed by atoms with Gasteiger partial charge in [-0.15, -0.1) is 0 Å². The van der Waals surface area contributed by atoms with Crippen LogP contribution in [0.15, 0.2) is 0 Å². The Kier molecular flexibility index (Phi) is 49.4. The molecule has 0 aliphatic heterocycles. The third kappa shape index (κ3) is 45.2. The second-order valence-corrected chi connectivity index (χ2v) is 19.2. The average molecular weight is 836 g/mol. The van der Waals surface area contributed by atoms with Gasteiger partial charge in [0.15, 0.2) is 0 Å². The van der Waals surface area contributed by atoms with Crippen LogP contribution in [0.4, 0.5) is 0 Å². The Bertz CT molecular complexity index is 792. The van der Waals surface area contributed by atoms with E-state index in [1.807, 2.05) is 0 Å². The zero-order valence-corrected chi connectivity index (χ0v) is 40.4. The summed E-state index contributed by atoms with van der Waals surface area (Å²) in [6.45, 7) is 4.23. The van der Waals surface area contributed by atoms with Gasteiger partial charge in [0.1, 0.15) is 6.10 Å². The molecule has 0 rings (SSSR count). The van der Waals surface area contributed by atoms with Crippen molar-refractivity contribution in [3.05, 3.63) is 0 Å². The van der Waals surface area contributed by atoms with E-state index in [9.17, 15) is 20.1 Å². The van der Waals surface area contributed by atoms with Gasteiger partial charge < -0.3 is 20.6 Å². The van der Waals surface area contributed by atoms with Crippen molar-refractivity contribution in [3.8, 4) is 0 Å². The van der Waals surface area contributed by atoms with E-state index >= 15 is 0 Å². The number of hydrogen-bond donors (Lipinski definition) is 4. The minimum Gasteiger partial charge on any atom is -0.394 e. The number of hydrogen-bond acceptors (Lipinski definition) is 4. The second-order valence-electron chi connectivity index (χ2n) is 19.2. The van der Waals surface area contributed by atoms with Crippen LogP contribution in [0.2, 0.25) is 0 Å². The molecule has 5 nitrogen and oxygen atoms in total. The molecule has 4 N–H and O–H groups in total. The highest BCUT2D eigenvalue weighted by atomic mass is 16.3. The summed E-state index contributed by atoms with van der Waals surface area (Å²) in [4.78, 5) is 12.5. The van der Waals surface area contributed by atoms with Gasteiger partial charge in [-0.2, -0.15) is 0 Å². The van der Waals surface area contributed by atoms with Crippen molar-refractivity contribution in [1.29, 1.82) is 0 Å². The van der Waals surface area contributed by atoms with Gasteiger partial charge in [-0.3, -0.25) is 4.79 Å². The maximum atomic E-state index is 12.5. The molecule has 0 heterocycles. The molecular weight excluding hydrogens is 727 g/mol. The van der Waals surface area contributed by atoms with Gasteiger partial charge in [0, 0.05) is 6.42 Å². The van der Waals surface area contributed by atoms with Crippen LogP contribution in [0.25, 0.3) is 0 Å². The van der Waals surface area contributed by atoms with Crippen LogP contribution < -0.4 is 5.32 Å². The SMILES string of the molecule is CCCCCCCCCCCCCCCCCCCCCCCCCCC(=O)NC(CO)C(O)C(O)CCCCCCCCCCCCCCCCCCCCCCC. The molecule has 354 valence electrons. The molecule has 0 aromatic carbocycles. The molecule has 0 aromatic heterocycles. The molecule has 59 heavy (non-hydrogen) atoms. The zero-order chi connectivity index (χ0) is 43.0. The van der Waals surface area contributed by atoms with Crippen LogP contribution in [0.5, 0.6) is 0 Å². The number of nitrogens with one attached hydrogen (secondary N) is 1. The quantitative estimate of drug-likeness (QED) is 0.0460. The monoisotopic (exact) mass is 836 g/mol. The highest BCUT2D eigenvalue weighted by Crippen LogP contribution is 2.18. The predicted octanol–water partition coefficient (Wildman–Crippen LogP) is 16.6. The van der Waals surface area contributed by atoms with Gasteiger partial charge in [0.25, 0.3) is 0 Å². The molecule has 0 radical (unpaired) electrons. The van der Waals surface area contributed by atoms with Crippen molar-refractivity contribution >= 4 is 5.91 Å². The second kappa shape index (κ2) is 50.0. The molecule has 0 saturated carbocycles. The highest BCUT2D eigenvalue weighted by Gasteiger charge is 2.26. The summed E-state index contributed by atoms with van der Waals surface area (Å²) >= 11 is 0. The number of aliphatic hydroxyl groups is 3. The summed E-state index contributed by atoms with van der Waals surface area (Å²) in [6, 6.07) is -0.804. The first-order valence-electron chi connectivity index (χ1n) is 27.3. The lowest BCUT2D eigenvalue weighted by Gasteiger charge is -2.26. The van der Waals surface area contributed by atoms with Crippen LogP contribution in [0, 0.1) is 0 Å². The van der Waals surface area contributed by atoms with Crippen molar-refractivity contribution in [2.45, 2.75) is 334 Å². The third-order valence-corrected chi connectivity index (χ3v) is 13.2. The lowest BCUT2D eigenvalue weighted by atomic mass is 9.99. The molecule has 0 saturated heterocycles. The highest BCUT2D eigenvalue weighted by molar-refractivity contribution is 5.76. The zero-order valence-electron chi connectivity index (χ0n) is 40.4. The molecule has 1 amide bonds. The molecule has 0 fully saturated rings. The van der Waals surface area contributed by atoms with Gasteiger partial charge in [-0.05, 0) is 12.8 Å². The summed E-state index contributed by atoms with van der Waals surface area (Å²) in [5.41, 5.74) is 0. The Morgan fingerprint density at radius 2 is 0.576 bits per heavy atom. The fourth-order valence-corrected chi connectivity index (χ4v) is 8.99. The molecule has 5 heteroatoms. The fraction of sp³-hybridized carbons (Fsp3) is 0.981. The molecule has 0 bridgehead atoms. The van der Waals surface area contributed by atoms with Crippen molar-refractivity contribution in [1.82, 2.24) is 5.32 Å². The molecule has 3 unspecified atom stereocenters. The summed E-state index contributed by atoms with van der Waals surface area (Å²) in [6.07, 6.45) is 59.6. The molecule has 0 aromatic rings. The Hall–Kier alpha value is -0.650. The molecule has 0 aliphatic rings. The maximum Gasteiger partial charge on any atom is 0.220 e. The van der Waals surface area contributed by atoms with Gasteiger partial charge in [-0.1, -0.05) is 296 Å². The first-order valence-corrected chi connectivity index (χ1v) is 27.3. The van der Waals surface area contributed by atoms with Crippen LogP contribution in [0.1, 0.15) is 316 Å². The molecule has 0 spiro atoms. The van der Waals surface area contributed by atoms with Gasteiger partial charge in [-0.25, -0.2) is 0 Å². The van der Waals surface area contributed by atoms with E-state index < -0.39 is 18.2 Å². The largest absolute Gasteiger partial charge is 0.394 e. The van der Waals surface area contributed by atoms with E-state index in [1.165, 1.54) is 257 Å². The van der Waals surface area contributed by atoms with Gasteiger partial charge >= 0.3 is 0 Å². The number of rotatable bonds is 51. The van der Waals surface area contributed by atoms with Crippen LogP contribution in [-0.2, 0) is 4.79 Å². The first-order chi connectivity index (χ1) is 29.1. The van der Waals surface area contributed by atoms with Crippen molar-refractivity contribution in [2.24, 2.45) is 0 Å². The van der Waals surface area contributed by atoms with E-state index in [4.69, 9.17) is 0 Å². The molecule has 0 aliphatic carbocycles. The maximum absolute atomic E-state index is 12.5. The van der Waals surface area contributed by atoms with E-state index in [1.54, 1.807) is 0 Å². The van der Waals surface area contributed by atoms with E-state index in [0.717, 1.165) is 32.1 Å². The smallest absolute Gasteiger partial charge is 0.220 e. The minimum atomic E-state index is -1.13. The Morgan fingerprint density at radius 1 is 0.356 bits per heavy atom. The number of aliphatic hydroxyl groups excluding tert-OH is 3. The van der Waals surface area contributed by atoms with Crippen molar-refractivity contribution in [2.75, 3.05) is 6.61 Å². The molecular formula is C54H109NO4. The first kappa shape index (κ1) is 58.4. The van der Waals surface area contributed by atoms with Crippen molar-refractivity contribution < 1.29 is 20.1 Å². The van der Waals surface area contributed by atoms with Crippen LogP contribution >= 0.6 is 0 Å². The van der Waals surface area contributed by atoms with Crippen LogP contribution in [-0.4, -0.2) is 46.1 Å². The summed E-state index contributed by atoms with van der Waals surface area (Å²) in [5, 5.41) is 33.8. The summed E-state index contributed by atoms with van der Waals surface area (Å²) < 4.78 is 0. The van der Waals surface area contributed by atoms with E-state index in [-0.39, 0.29) is 12.5 Å².